The molecule has 2 aliphatic heterocycles. The molecular formula is C28H30N4O4. The smallest absolute Gasteiger partial charge is 0.227 e. The third-order valence-corrected chi connectivity index (χ3v) is 6.09. The van der Waals surface area contributed by atoms with Crippen LogP contribution in [0.2, 0.25) is 0 Å². The first-order chi connectivity index (χ1) is 17.7. The zero-order valence-corrected chi connectivity index (χ0v) is 20.2. The third kappa shape index (κ3) is 6.54. The van der Waals surface area contributed by atoms with Gasteiger partial charge in [0.2, 0.25) is 5.95 Å². The summed E-state index contributed by atoms with van der Waals surface area (Å²) in [5.74, 6) is 1.57. The van der Waals surface area contributed by atoms with E-state index in [1.165, 1.54) is 0 Å². The molecule has 0 unspecified atom stereocenters. The van der Waals surface area contributed by atoms with E-state index < -0.39 is 0 Å². The fourth-order valence-electron chi connectivity index (χ4n) is 4.22. The summed E-state index contributed by atoms with van der Waals surface area (Å²) in [7, 11) is 0. The Morgan fingerprint density at radius 3 is 2.78 bits per heavy atom. The average Bonchev–Trinajstić information content (AvgIpc) is 3.31. The van der Waals surface area contributed by atoms with Crippen molar-refractivity contribution in [2.75, 3.05) is 44.8 Å². The number of hydrogen-bond donors (Lipinski definition) is 1. The highest BCUT2D eigenvalue weighted by Gasteiger charge is 2.19. The van der Waals surface area contributed by atoms with Crippen LogP contribution < -0.4 is 10.1 Å². The Bertz CT molecular complexity index is 1230. The maximum Gasteiger partial charge on any atom is 0.227 e. The molecule has 0 spiro atoms. The highest BCUT2D eigenvalue weighted by Crippen LogP contribution is 2.26. The second kappa shape index (κ2) is 11.9. The summed E-state index contributed by atoms with van der Waals surface area (Å²) < 4.78 is 17.8. The quantitative estimate of drug-likeness (QED) is 0.551. The van der Waals surface area contributed by atoms with Crippen molar-refractivity contribution in [2.24, 2.45) is 0 Å². The van der Waals surface area contributed by atoms with Gasteiger partial charge in [-0.05, 0) is 35.9 Å². The lowest BCUT2D eigenvalue weighted by Crippen LogP contribution is -2.26. The van der Waals surface area contributed by atoms with Crippen molar-refractivity contribution in [3.63, 3.8) is 0 Å². The number of carbonyl (C=O) groups is 1. The average molecular weight is 487 g/mol. The van der Waals surface area contributed by atoms with E-state index in [1.807, 2.05) is 54.6 Å². The normalized spacial score (nSPS) is 17.6. The van der Waals surface area contributed by atoms with Gasteiger partial charge >= 0.3 is 0 Å². The first kappa shape index (κ1) is 24.1. The molecule has 8 heteroatoms. The first-order valence-electron chi connectivity index (χ1n) is 12.2. The number of carbonyl (C=O) groups excluding carboxylic acids is 1. The molecule has 0 aliphatic carbocycles. The first-order valence-corrected chi connectivity index (χ1v) is 12.2. The number of aromatic nitrogens is 2. The summed E-state index contributed by atoms with van der Waals surface area (Å²) in [6.45, 7) is 4.44. The molecule has 2 aromatic carbocycles. The van der Waals surface area contributed by atoms with Crippen molar-refractivity contribution in [1.29, 1.82) is 0 Å². The number of benzene rings is 2. The van der Waals surface area contributed by atoms with Crippen LogP contribution in [0.3, 0.4) is 0 Å². The van der Waals surface area contributed by atoms with Crippen LogP contribution in [0.25, 0.3) is 11.3 Å². The van der Waals surface area contributed by atoms with Crippen LogP contribution in [0.5, 0.6) is 5.75 Å². The topological polar surface area (TPSA) is 85.8 Å². The lowest BCUT2D eigenvalue weighted by molar-refractivity contribution is -0.116. The van der Waals surface area contributed by atoms with E-state index in [0.717, 1.165) is 46.9 Å². The minimum Gasteiger partial charge on any atom is -0.492 e. The van der Waals surface area contributed by atoms with E-state index in [0.29, 0.717) is 57.7 Å². The van der Waals surface area contributed by atoms with Crippen LogP contribution in [0.1, 0.15) is 17.5 Å². The Kier molecular flexibility index (Phi) is 7.97. The molecule has 8 nitrogen and oxygen atoms in total. The van der Waals surface area contributed by atoms with Gasteiger partial charge in [-0.15, -0.1) is 0 Å². The largest absolute Gasteiger partial charge is 0.492 e. The number of fused-ring (bicyclic) bond motifs is 7. The monoisotopic (exact) mass is 486 g/mol. The van der Waals surface area contributed by atoms with E-state index >= 15 is 0 Å². The number of anilines is 2. The summed E-state index contributed by atoms with van der Waals surface area (Å²) >= 11 is 0. The molecule has 3 aromatic rings. The van der Waals surface area contributed by atoms with Gasteiger partial charge in [-0.1, -0.05) is 30.4 Å². The molecule has 6 bridgehead atoms. The summed E-state index contributed by atoms with van der Waals surface area (Å²) in [5, 5.41) is 3.31. The highest BCUT2D eigenvalue weighted by molar-refractivity contribution is 5.82. The minimum atomic E-state index is 0.294. The van der Waals surface area contributed by atoms with Gasteiger partial charge in [-0.2, -0.15) is 0 Å². The fraction of sp³-hybridized carbons (Fsp3) is 0.321. The van der Waals surface area contributed by atoms with Gasteiger partial charge in [0.25, 0.3) is 0 Å². The maximum atomic E-state index is 11.5. The van der Waals surface area contributed by atoms with Gasteiger partial charge in [-0.25, -0.2) is 9.97 Å². The molecule has 36 heavy (non-hydrogen) atoms. The van der Waals surface area contributed by atoms with E-state index in [1.54, 1.807) is 6.20 Å². The Hall–Kier alpha value is -3.59. The van der Waals surface area contributed by atoms with E-state index in [9.17, 15) is 4.79 Å². The summed E-state index contributed by atoms with van der Waals surface area (Å²) in [6, 6.07) is 16.0. The number of hydrogen-bond acceptors (Lipinski definition) is 8. The Morgan fingerprint density at radius 1 is 1.03 bits per heavy atom. The second-order valence-electron chi connectivity index (χ2n) is 8.83. The third-order valence-electron chi connectivity index (χ3n) is 6.09. The van der Waals surface area contributed by atoms with Gasteiger partial charge in [-0.3, -0.25) is 9.69 Å². The number of rotatable bonds is 4. The van der Waals surface area contributed by atoms with Crippen LogP contribution >= 0.6 is 0 Å². The molecule has 0 radical (unpaired) electrons. The summed E-state index contributed by atoms with van der Waals surface area (Å²) in [6.07, 6.45) is 6.32. The fourth-order valence-corrected chi connectivity index (χ4v) is 4.22. The number of ketones is 1. The molecule has 0 atom stereocenters. The molecule has 2 aliphatic rings. The zero-order valence-electron chi connectivity index (χ0n) is 20.2. The van der Waals surface area contributed by atoms with Crippen molar-refractivity contribution in [3.05, 3.63) is 78.0 Å². The van der Waals surface area contributed by atoms with Gasteiger partial charge in [0.05, 0.1) is 38.7 Å². The molecule has 0 saturated carbocycles. The molecule has 1 fully saturated rings. The van der Waals surface area contributed by atoms with Crippen LogP contribution in [0, 0.1) is 0 Å². The predicted octanol–water partition coefficient (Wildman–Crippen LogP) is 4.14. The van der Waals surface area contributed by atoms with Gasteiger partial charge in [0, 0.05) is 42.5 Å². The van der Waals surface area contributed by atoms with Crippen LogP contribution in [-0.2, 0) is 27.5 Å². The Labute approximate surface area is 210 Å². The molecule has 1 N–H and O–H groups in total. The lowest BCUT2D eigenvalue weighted by Gasteiger charge is -2.17. The lowest BCUT2D eigenvalue weighted by atomic mass is 10.1. The Morgan fingerprint density at radius 2 is 1.92 bits per heavy atom. The van der Waals surface area contributed by atoms with Crippen molar-refractivity contribution in [2.45, 2.75) is 19.6 Å². The molecular weight excluding hydrogens is 456 g/mol. The molecule has 1 aromatic heterocycles. The van der Waals surface area contributed by atoms with Crippen molar-refractivity contribution in [1.82, 2.24) is 14.9 Å². The maximum absolute atomic E-state index is 11.5. The summed E-state index contributed by atoms with van der Waals surface area (Å²) in [4.78, 5) is 22.8. The number of ether oxygens (including phenoxy) is 3. The molecule has 1 saturated heterocycles. The zero-order chi connectivity index (χ0) is 24.6. The van der Waals surface area contributed by atoms with E-state index in [4.69, 9.17) is 19.2 Å². The van der Waals surface area contributed by atoms with Gasteiger partial charge in [0.15, 0.2) is 0 Å². The Balaban J connectivity index is 1.35. The van der Waals surface area contributed by atoms with Crippen molar-refractivity contribution >= 4 is 17.4 Å². The summed E-state index contributed by atoms with van der Waals surface area (Å²) in [5.41, 5.74) is 4.70. The van der Waals surface area contributed by atoms with E-state index in [-0.39, 0.29) is 0 Å². The van der Waals surface area contributed by atoms with Crippen LogP contribution in [0.15, 0.2) is 66.9 Å². The van der Waals surface area contributed by atoms with Gasteiger partial charge < -0.3 is 19.5 Å². The number of Topliss-reactive ketones (excluding diaryl/α,β-unsaturated/α-hetero) is 1. The van der Waals surface area contributed by atoms with Crippen molar-refractivity contribution in [3.8, 4) is 17.0 Å². The number of nitrogens with one attached hydrogen (secondary N) is 1. The van der Waals surface area contributed by atoms with Crippen LogP contribution in [-0.4, -0.2) is 60.1 Å². The highest BCUT2D eigenvalue weighted by atomic mass is 16.5. The SMILES string of the molecule is O=C1CCN(CCOc2ccc3cc2COC/C=C/COCc2cccc(c2)-c2ccnc(n2)N3)C1. The standard InChI is InChI=1S/C28H30N4O4/c33-25-9-11-32(18-25)12-15-36-27-7-6-24-17-23(27)20-35-14-2-1-13-34-19-21-4-3-5-22(16-21)26-8-10-29-28(30-24)31-26/h1-8,10,16-17H,9,11-15,18-20H2,(H,29,30,31)/b2-1+. The van der Waals surface area contributed by atoms with Crippen molar-refractivity contribution < 1.29 is 19.0 Å². The van der Waals surface area contributed by atoms with Crippen LogP contribution in [0.4, 0.5) is 11.6 Å². The van der Waals surface area contributed by atoms with Gasteiger partial charge in [0.1, 0.15) is 18.1 Å². The van der Waals surface area contributed by atoms with E-state index in [2.05, 4.69) is 21.3 Å². The number of likely N-dealkylation sites (tertiary alicyclic amines) is 1. The number of nitrogens with zero attached hydrogens (tertiary/aromatic N) is 3. The minimum absolute atomic E-state index is 0.294. The molecule has 0 amide bonds. The second-order valence-corrected chi connectivity index (χ2v) is 8.83. The molecule has 186 valence electrons. The molecule has 5 rings (SSSR count). The molecule has 3 heterocycles. The predicted molar refractivity (Wildman–Crippen MR) is 137 cm³/mol.